The van der Waals surface area contributed by atoms with E-state index in [9.17, 15) is 4.79 Å². The summed E-state index contributed by atoms with van der Waals surface area (Å²) in [6.45, 7) is 0. The molecule has 1 aliphatic carbocycles. The minimum Gasteiger partial charge on any atom is -0.349 e. The number of hydrogen-bond acceptors (Lipinski definition) is 1. The molecule has 0 aromatic heterocycles. The fourth-order valence-electron chi connectivity index (χ4n) is 2.52. The molecule has 0 unspecified atom stereocenters. The first-order valence-electron chi connectivity index (χ1n) is 6.25. The molecular formula is C14H17Cl2NO. The number of halogens is 2. The quantitative estimate of drug-likeness (QED) is 0.843. The summed E-state index contributed by atoms with van der Waals surface area (Å²) in [6.07, 6.45) is 4.61. The van der Waals surface area contributed by atoms with E-state index < -0.39 is 0 Å². The Bertz CT molecular complexity index is 428. The average Bonchev–Trinajstić information content (AvgIpc) is 2.78. The zero-order chi connectivity index (χ0) is 13.0. The fraction of sp³-hybridized carbons (Fsp3) is 0.500. The number of carbonyl (C=O) groups excluding carboxylic acids is 1. The first-order valence-corrected chi connectivity index (χ1v) is 7.16. The summed E-state index contributed by atoms with van der Waals surface area (Å²) < 4.78 is 0. The minimum atomic E-state index is -0.183. The van der Waals surface area contributed by atoms with Crippen molar-refractivity contribution in [1.29, 1.82) is 0 Å². The Labute approximate surface area is 118 Å². The second kappa shape index (κ2) is 5.94. The Hall–Kier alpha value is -0.730. The Morgan fingerprint density at radius 1 is 1.33 bits per heavy atom. The van der Waals surface area contributed by atoms with Gasteiger partial charge in [-0.05, 0) is 30.5 Å². The van der Waals surface area contributed by atoms with E-state index in [1.54, 1.807) is 6.07 Å². The fourth-order valence-corrected chi connectivity index (χ4v) is 3.06. The van der Waals surface area contributed by atoms with Crippen LogP contribution in [0.25, 0.3) is 0 Å². The molecule has 1 aromatic carbocycles. The topological polar surface area (TPSA) is 29.1 Å². The summed E-state index contributed by atoms with van der Waals surface area (Å²) in [4.78, 5) is 12.0. The first kappa shape index (κ1) is 13.7. The van der Waals surface area contributed by atoms with Crippen LogP contribution in [0, 0.1) is 0 Å². The number of amides is 1. The molecule has 4 heteroatoms. The number of nitrogens with one attached hydrogen (secondary N) is 1. The molecule has 98 valence electrons. The van der Waals surface area contributed by atoms with Crippen molar-refractivity contribution >= 4 is 29.1 Å². The molecule has 0 radical (unpaired) electrons. The molecule has 2 rings (SSSR count). The van der Waals surface area contributed by atoms with Crippen LogP contribution in [-0.2, 0) is 11.2 Å². The van der Waals surface area contributed by atoms with Crippen molar-refractivity contribution in [2.75, 3.05) is 5.88 Å². The van der Waals surface area contributed by atoms with Crippen LogP contribution in [0.4, 0.5) is 0 Å². The summed E-state index contributed by atoms with van der Waals surface area (Å²) in [5, 5.41) is 3.76. The number of carbonyl (C=O) groups is 1. The van der Waals surface area contributed by atoms with E-state index in [1.165, 1.54) is 0 Å². The van der Waals surface area contributed by atoms with Crippen LogP contribution in [0.5, 0.6) is 0 Å². The van der Waals surface area contributed by atoms with Crippen molar-refractivity contribution in [1.82, 2.24) is 5.32 Å². The maximum absolute atomic E-state index is 12.0. The highest BCUT2D eigenvalue weighted by Gasteiger charge is 2.34. The first-order chi connectivity index (χ1) is 8.63. The number of hydrogen-bond donors (Lipinski definition) is 1. The predicted octanol–water partition coefficient (Wildman–Crippen LogP) is 3.55. The van der Waals surface area contributed by atoms with Gasteiger partial charge in [-0.1, -0.05) is 36.6 Å². The second-order valence-electron chi connectivity index (χ2n) is 4.98. The minimum absolute atomic E-state index is 0.0276. The van der Waals surface area contributed by atoms with E-state index in [1.807, 2.05) is 18.2 Å². The molecule has 1 fully saturated rings. The second-order valence-corrected chi connectivity index (χ2v) is 5.68. The van der Waals surface area contributed by atoms with Gasteiger partial charge < -0.3 is 5.32 Å². The average molecular weight is 286 g/mol. The third-order valence-corrected chi connectivity index (χ3v) is 4.22. The standard InChI is InChI=1S/C14H17Cl2NO/c15-10-14(6-1-2-7-14)17-13(18)9-11-4-3-5-12(16)8-11/h3-5,8H,1-2,6-7,9-10H2,(H,17,18). The lowest BCUT2D eigenvalue weighted by Crippen LogP contribution is -2.48. The highest BCUT2D eigenvalue weighted by molar-refractivity contribution is 6.30. The summed E-state index contributed by atoms with van der Waals surface area (Å²) in [5.74, 6) is 0.522. The van der Waals surface area contributed by atoms with E-state index in [-0.39, 0.29) is 11.4 Å². The van der Waals surface area contributed by atoms with E-state index >= 15 is 0 Å². The Kier molecular flexibility index (Phi) is 4.52. The molecule has 1 aliphatic rings. The highest BCUT2D eigenvalue weighted by Crippen LogP contribution is 2.30. The van der Waals surface area contributed by atoms with Crippen molar-refractivity contribution in [2.24, 2.45) is 0 Å². The van der Waals surface area contributed by atoms with Crippen molar-refractivity contribution in [2.45, 2.75) is 37.6 Å². The third kappa shape index (κ3) is 3.39. The van der Waals surface area contributed by atoms with Gasteiger partial charge >= 0.3 is 0 Å². The molecule has 1 aromatic rings. The lowest BCUT2D eigenvalue weighted by molar-refractivity contribution is -0.122. The maximum Gasteiger partial charge on any atom is 0.224 e. The largest absolute Gasteiger partial charge is 0.349 e. The van der Waals surface area contributed by atoms with Crippen molar-refractivity contribution in [3.8, 4) is 0 Å². The van der Waals surface area contributed by atoms with Gasteiger partial charge in [-0.25, -0.2) is 0 Å². The van der Waals surface area contributed by atoms with Crippen LogP contribution >= 0.6 is 23.2 Å². The SMILES string of the molecule is O=C(Cc1cccc(Cl)c1)NC1(CCl)CCCC1. The summed E-state index contributed by atoms with van der Waals surface area (Å²) in [5.41, 5.74) is 0.750. The molecule has 0 atom stereocenters. The number of rotatable bonds is 4. The van der Waals surface area contributed by atoms with Gasteiger partial charge in [-0.15, -0.1) is 11.6 Å². The van der Waals surface area contributed by atoms with E-state index in [4.69, 9.17) is 23.2 Å². The van der Waals surface area contributed by atoms with Gasteiger partial charge in [-0.3, -0.25) is 4.79 Å². The molecule has 18 heavy (non-hydrogen) atoms. The summed E-state index contributed by atoms with van der Waals surface area (Å²) in [7, 11) is 0. The molecular weight excluding hydrogens is 269 g/mol. The van der Waals surface area contributed by atoms with E-state index in [0.29, 0.717) is 17.3 Å². The molecule has 0 spiro atoms. The third-order valence-electron chi connectivity index (χ3n) is 3.47. The summed E-state index contributed by atoms with van der Waals surface area (Å²) >= 11 is 11.9. The van der Waals surface area contributed by atoms with E-state index in [0.717, 1.165) is 31.2 Å². The van der Waals surface area contributed by atoms with Crippen LogP contribution in [0.3, 0.4) is 0 Å². The van der Waals surface area contributed by atoms with Gasteiger partial charge in [0.25, 0.3) is 0 Å². The zero-order valence-electron chi connectivity index (χ0n) is 10.2. The maximum atomic E-state index is 12.0. The Morgan fingerprint density at radius 2 is 2.06 bits per heavy atom. The number of benzene rings is 1. The molecule has 0 bridgehead atoms. The number of alkyl halides is 1. The van der Waals surface area contributed by atoms with Gasteiger partial charge in [0.05, 0.1) is 12.0 Å². The lowest BCUT2D eigenvalue weighted by Gasteiger charge is -2.27. The molecule has 0 aliphatic heterocycles. The van der Waals surface area contributed by atoms with Gasteiger partial charge in [0, 0.05) is 10.9 Å². The van der Waals surface area contributed by atoms with Gasteiger partial charge in [-0.2, -0.15) is 0 Å². The molecule has 1 N–H and O–H groups in total. The van der Waals surface area contributed by atoms with Crippen LogP contribution in [0.2, 0.25) is 5.02 Å². The van der Waals surface area contributed by atoms with Crippen LogP contribution in [0.1, 0.15) is 31.2 Å². The van der Waals surface area contributed by atoms with Crippen LogP contribution in [0.15, 0.2) is 24.3 Å². The highest BCUT2D eigenvalue weighted by atomic mass is 35.5. The smallest absolute Gasteiger partial charge is 0.224 e. The monoisotopic (exact) mass is 285 g/mol. The predicted molar refractivity (Wildman–Crippen MR) is 75.2 cm³/mol. The van der Waals surface area contributed by atoms with Gasteiger partial charge in [0.15, 0.2) is 0 Å². The van der Waals surface area contributed by atoms with Crippen LogP contribution in [-0.4, -0.2) is 17.3 Å². The Morgan fingerprint density at radius 3 is 2.67 bits per heavy atom. The van der Waals surface area contributed by atoms with Crippen molar-refractivity contribution in [3.63, 3.8) is 0 Å². The molecule has 0 heterocycles. The van der Waals surface area contributed by atoms with Crippen molar-refractivity contribution in [3.05, 3.63) is 34.9 Å². The normalized spacial score (nSPS) is 17.7. The van der Waals surface area contributed by atoms with Crippen LogP contribution < -0.4 is 5.32 Å². The molecule has 0 saturated heterocycles. The van der Waals surface area contributed by atoms with E-state index in [2.05, 4.69) is 5.32 Å². The van der Waals surface area contributed by atoms with Gasteiger partial charge in [0.1, 0.15) is 0 Å². The molecule has 1 amide bonds. The lowest BCUT2D eigenvalue weighted by atomic mass is 9.99. The van der Waals surface area contributed by atoms with Crippen molar-refractivity contribution < 1.29 is 4.79 Å². The summed E-state index contributed by atoms with van der Waals surface area (Å²) in [6, 6.07) is 7.40. The molecule has 2 nitrogen and oxygen atoms in total. The van der Waals surface area contributed by atoms with Gasteiger partial charge in [0.2, 0.25) is 5.91 Å². The molecule has 1 saturated carbocycles. The zero-order valence-corrected chi connectivity index (χ0v) is 11.7. The Balaban J connectivity index is 1.96.